The molecule has 1 aliphatic rings. The quantitative estimate of drug-likeness (QED) is 0.932. The van der Waals surface area contributed by atoms with Crippen LogP contribution >= 0.6 is 11.3 Å². The summed E-state index contributed by atoms with van der Waals surface area (Å²) >= 11 is 1.59. The Kier molecular flexibility index (Phi) is 2.98. The van der Waals surface area contributed by atoms with Crippen molar-refractivity contribution >= 4 is 17.3 Å². The molecule has 2 aromatic heterocycles. The number of carbonyl (C=O) groups is 1. The van der Waals surface area contributed by atoms with Crippen LogP contribution in [0.3, 0.4) is 0 Å². The molecule has 3 rings (SSSR count). The minimum atomic E-state index is -0.969. The van der Waals surface area contributed by atoms with E-state index in [1.165, 1.54) is 0 Å². The summed E-state index contributed by atoms with van der Waals surface area (Å²) in [4.78, 5) is 24.2. The molecule has 1 aliphatic carbocycles. The Bertz CT molecular complexity index is 668. The van der Waals surface area contributed by atoms with Crippen LogP contribution in [0.5, 0.6) is 0 Å². The van der Waals surface area contributed by atoms with Gasteiger partial charge in [-0.05, 0) is 30.4 Å². The van der Waals surface area contributed by atoms with E-state index in [1.807, 2.05) is 23.6 Å². The molecular formula is C14H13NO3S. The van der Waals surface area contributed by atoms with Crippen molar-refractivity contribution < 1.29 is 9.90 Å². The lowest BCUT2D eigenvalue weighted by Gasteiger charge is -2.12. The van der Waals surface area contributed by atoms with Gasteiger partial charge >= 0.3 is 5.97 Å². The lowest BCUT2D eigenvalue weighted by Crippen LogP contribution is -2.25. The van der Waals surface area contributed by atoms with Crippen LogP contribution in [0.25, 0.3) is 10.6 Å². The number of pyridine rings is 1. The zero-order chi connectivity index (χ0) is 13.4. The Labute approximate surface area is 113 Å². The number of aromatic nitrogens is 1. The highest BCUT2D eigenvalue weighted by Gasteiger charge is 2.28. The molecule has 0 bridgehead atoms. The average Bonchev–Trinajstić information content (AvgIpc) is 3.05. The van der Waals surface area contributed by atoms with Gasteiger partial charge in [-0.15, -0.1) is 11.3 Å². The van der Waals surface area contributed by atoms with Crippen molar-refractivity contribution in [2.75, 3.05) is 0 Å². The molecule has 1 N–H and O–H groups in total. The predicted octanol–water partition coefficient (Wildman–Crippen LogP) is 2.54. The topological polar surface area (TPSA) is 59.3 Å². The van der Waals surface area contributed by atoms with Gasteiger partial charge in [-0.25, -0.2) is 0 Å². The number of carboxylic acids is 1. The van der Waals surface area contributed by atoms with E-state index in [-0.39, 0.29) is 18.0 Å². The standard InChI is InChI=1S/C14H13NO3S/c16-13(17)8-9-3-6-11(12-2-1-7-19-12)15(14(9)18)10-4-5-10/h1-3,6-7,10H,4-5,8H2,(H,16,17). The summed E-state index contributed by atoms with van der Waals surface area (Å²) in [6.45, 7) is 0. The van der Waals surface area contributed by atoms with Gasteiger partial charge in [0.25, 0.3) is 5.56 Å². The summed E-state index contributed by atoms with van der Waals surface area (Å²) in [6, 6.07) is 7.68. The maximum atomic E-state index is 12.4. The Hall–Kier alpha value is -1.88. The van der Waals surface area contributed by atoms with Gasteiger partial charge in [-0.2, -0.15) is 0 Å². The normalized spacial score (nSPS) is 14.5. The first kappa shape index (κ1) is 12.2. The van der Waals surface area contributed by atoms with E-state index < -0.39 is 5.97 Å². The van der Waals surface area contributed by atoms with Gasteiger partial charge in [-0.3, -0.25) is 9.59 Å². The van der Waals surface area contributed by atoms with Gasteiger partial charge in [-0.1, -0.05) is 12.1 Å². The predicted molar refractivity (Wildman–Crippen MR) is 73.6 cm³/mol. The third-order valence-electron chi connectivity index (χ3n) is 3.22. The highest BCUT2D eigenvalue weighted by molar-refractivity contribution is 7.13. The summed E-state index contributed by atoms with van der Waals surface area (Å²) in [5, 5.41) is 10.8. The molecule has 0 unspecified atom stereocenters. The molecule has 4 nitrogen and oxygen atoms in total. The van der Waals surface area contributed by atoms with Crippen LogP contribution in [0.2, 0.25) is 0 Å². The van der Waals surface area contributed by atoms with E-state index in [2.05, 4.69) is 0 Å². The number of carboxylic acid groups (broad SMARTS) is 1. The molecule has 5 heteroatoms. The molecule has 1 saturated carbocycles. The molecule has 0 spiro atoms. The number of hydrogen-bond acceptors (Lipinski definition) is 3. The largest absolute Gasteiger partial charge is 0.481 e. The fourth-order valence-corrected chi connectivity index (χ4v) is 2.96. The number of thiophene rings is 1. The lowest BCUT2D eigenvalue weighted by molar-refractivity contribution is -0.136. The Balaban J connectivity index is 2.14. The summed E-state index contributed by atoms with van der Waals surface area (Å²) < 4.78 is 1.77. The highest BCUT2D eigenvalue weighted by atomic mass is 32.1. The van der Waals surface area contributed by atoms with Gasteiger partial charge < -0.3 is 9.67 Å². The minimum absolute atomic E-state index is 0.157. The monoisotopic (exact) mass is 275 g/mol. The third kappa shape index (κ3) is 2.33. The van der Waals surface area contributed by atoms with Crippen LogP contribution in [0.1, 0.15) is 24.4 Å². The SMILES string of the molecule is O=C(O)Cc1ccc(-c2cccs2)n(C2CC2)c1=O. The van der Waals surface area contributed by atoms with E-state index in [0.29, 0.717) is 5.56 Å². The van der Waals surface area contributed by atoms with E-state index in [1.54, 1.807) is 22.0 Å². The maximum Gasteiger partial charge on any atom is 0.308 e. The van der Waals surface area contributed by atoms with Crippen molar-refractivity contribution in [1.82, 2.24) is 4.57 Å². The first-order valence-corrected chi connectivity index (χ1v) is 7.05. The maximum absolute atomic E-state index is 12.4. The zero-order valence-corrected chi connectivity index (χ0v) is 11.0. The van der Waals surface area contributed by atoms with Crippen LogP contribution in [-0.2, 0) is 11.2 Å². The van der Waals surface area contributed by atoms with Gasteiger partial charge in [0.2, 0.25) is 0 Å². The molecule has 0 aromatic carbocycles. The second-order valence-electron chi connectivity index (χ2n) is 4.70. The molecule has 0 radical (unpaired) electrons. The van der Waals surface area contributed by atoms with Crippen LogP contribution in [0.15, 0.2) is 34.4 Å². The molecule has 0 saturated heterocycles. The van der Waals surface area contributed by atoms with E-state index in [9.17, 15) is 9.59 Å². The molecule has 0 amide bonds. The first-order valence-electron chi connectivity index (χ1n) is 6.17. The highest BCUT2D eigenvalue weighted by Crippen LogP contribution is 2.38. The molecule has 0 atom stereocenters. The number of aliphatic carboxylic acids is 1. The van der Waals surface area contributed by atoms with Crippen molar-refractivity contribution in [3.63, 3.8) is 0 Å². The molecule has 2 aromatic rings. The number of rotatable bonds is 4. The molecular weight excluding hydrogens is 262 g/mol. The van der Waals surface area contributed by atoms with Crippen molar-refractivity contribution in [2.24, 2.45) is 0 Å². The van der Waals surface area contributed by atoms with Crippen LogP contribution in [-0.4, -0.2) is 15.6 Å². The van der Waals surface area contributed by atoms with Gasteiger partial charge in [0.05, 0.1) is 17.0 Å². The smallest absolute Gasteiger partial charge is 0.308 e. The second-order valence-corrected chi connectivity index (χ2v) is 5.65. The molecule has 0 aliphatic heterocycles. The van der Waals surface area contributed by atoms with Crippen molar-refractivity contribution in [2.45, 2.75) is 25.3 Å². The number of nitrogens with zero attached hydrogens (tertiary/aromatic N) is 1. The Morgan fingerprint density at radius 3 is 2.74 bits per heavy atom. The third-order valence-corrected chi connectivity index (χ3v) is 4.12. The fourth-order valence-electron chi connectivity index (χ4n) is 2.21. The van der Waals surface area contributed by atoms with Crippen LogP contribution < -0.4 is 5.56 Å². The fraction of sp³-hybridized carbons (Fsp3) is 0.286. The minimum Gasteiger partial charge on any atom is -0.481 e. The van der Waals surface area contributed by atoms with E-state index >= 15 is 0 Å². The van der Waals surface area contributed by atoms with E-state index in [0.717, 1.165) is 23.4 Å². The Morgan fingerprint density at radius 1 is 1.37 bits per heavy atom. The van der Waals surface area contributed by atoms with E-state index in [4.69, 9.17) is 5.11 Å². The molecule has 1 fully saturated rings. The first-order chi connectivity index (χ1) is 9.16. The molecule has 19 heavy (non-hydrogen) atoms. The molecule has 2 heterocycles. The summed E-state index contributed by atoms with van der Waals surface area (Å²) in [5.74, 6) is -0.969. The molecule has 98 valence electrons. The summed E-state index contributed by atoms with van der Waals surface area (Å²) in [5.41, 5.74) is 1.10. The second kappa shape index (κ2) is 4.66. The van der Waals surface area contributed by atoms with Crippen LogP contribution in [0, 0.1) is 0 Å². The average molecular weight is 275 g/mol. The zero-order valence-electron chi connectivity index (χ0n) is 10.2. The van der Waals surface area contributed by atoms with Crippen LogP contribution in [0.4, 0.5) is 0 Å². The summed E-state index contributed by atoms with van der Waals surface area (Å²) in [6.07, 6.45) is 1.78. The lowest BCUT2D eigenvalue weighted by atomic mass is 10.1. The van der Waals surface area contributed by atoms with Crippen molar-refractivity contribution in [1.29, 1.82) is 0 Å². The number of hydrogen-bond donors (Lipinski definition) is 1. The van der Waals surface area contributed by atoms with Gasteiger partial charge in [0.1, 0.15) is 0 Å². The van der Waals surface area contributed by atoms with Gasteiger partial charge in [0, 0.05) is 11.6 Å². The summed E-state index contributed by atoms with van der Waals surface area (Å²) in [7, 11) is 0. The van der Waals surface area contributed by atoms with Crippen molar-refractivity contribution in [3.8, 4) is 10.6 Å². The van der Waals surface area contributed by atoms with Gasteiger partial charge in [0.15, 0.2) is 0 Å². The Morgan fingerprint density at radius 2 is 2.16 bits per heavy atom. The van der Waals surface area contributed by atoms with Crippen molar-refractivity contribution in [3.05, 3.63) is 45.6 Å².